The highest BCUT2D eigenvalue weighted by Crippen LogP contribution is 2.31. The lowest BCUT2D eigenvalue weighted by Crippen LogP contribution is -2.15. The van der Waals surface area contributed by atoms with E-state index in [1.54, 1.807) is 0 Å². The zero-order valence-corrected chi connectivity index (χ0v) is 13.0. The first-order valence-electron chi connectivity index (χ1n) is 7.41. The van der Waals surface area contributed by atoms with Crippen LogP contribution in [0.3, 0.4) is 0 Å². The zero-order valence-electron chi connectivity index (χ0n) is 12.1. The predicted octanol–water partition coefficient (Wildman–Crippen LogP) is 3.72. The van der Waals surface area contributed by atoms with Crippen molar-refractivity contribution in [1.82, 2.24) is 15.3 Å². The summed E-state index contributed by atoms with van der Waals surface area (Å²) >= 11 is 1.84. The molecule has 1 aliphatic carbocycles. The van der Waals surface area contributed by atoms with Crippen molar-refractivity contribution in [3.05, 3.63) is 34.6 Å². The van der Waals surface area contributed by atoms with E-state index in [0.717, 1.165) is 30.4 Å². The van der Waals surface area contributed by atoms with Crippen LogP contribution in [0.1, 0.15) is 42.3 Å². The summed E-state index contributed by atoms with van der Waals surface area (Å²) in [6, 6.07) is 2.82. The molecule has 0 aromatic carbocycles. The van der Waals surface area contributed by atoms with E-state index < -0.39 is 0 Å². The molecule has 0 spiro atoms. The van der Waals surface area contributed by atoms with Crippen LogP contribution in [0.25, 0.3) is 10.6 Å². The molecule has 0 aliphatic heterocycles. The highest BCUT2D eigenvalue weighted by molar-refractivity contribution is 7.15. The molecule has 106 valence electrons. The second kappa shape index (κ2) is 6.02. The van der Waals surface area contributed by atoms with E-state index in [4.69, 9.17) is 4.98 Å². The Bertz CT molecular complexity index is 587. The van der Waals surface area contributed by atoms with Crippen LogP contribution in [-0.4, -0.2) is 16.0 Å². The molecule has 1 fully saturated rings. The highest BCUT2D eigenvalue weighted by Gasteiger charge is 2.21. The monoisotopic (exact) mass is 287 g/mol. The highest BCUT2D eigenvalue weighted by atomic mass is 32.1. The molecule has 1 saturated carbocycles. The van der Waals surface area contributed by atoms with Crippen LogP contribution in [-0.2, 0) is 13.0 Å². The van der Waals surface area contributed by atoms with Crippen molar-refractivity contribution in [2.24, 2.45) is 0 Å². The lowest BCUT2D eigenvalue weighted by atomic mass is 10.2. The van der Waals surface area contributed by atoms with Gasteiger partial charge in [0, 0.05) is 35.4 Å². The average molecular weight is 287 g/mol. The van der Waals surface area contributed by atoms with E-state index in [9.17, 15) is 0 Å². The van der Waals surface area contributed by atoms with Crippen molar-refractivity contribution < 1.29 is 0 Å². The molecule has 4 heteroatoms. The standard InChI is InChI=1S/C16H21N3S/c1-3-4-14-15(10-18-12-5-6-12)20-16(19-14)13-7-8-17-9-11(13)2/h7-9,12,18H,3-6,10H2,1-2H3. The molecule has 1 aliphatic rings. The van der Waals surface area contributed by atoms with E-state index in [1.807, 2.05) is 23.7 Å². The molecule has 0 amide bonds. The third-order valence-electron chi connectivity index (χ3n) is 3.64. The summed E-state index contributed by atoms with van der Waals surface area (Å²) in [4.78, 5) is 10.5. The van der Waals surface area contributed by atoms with Gasteiger partial charge in [0.25, 0.3) is 0 Å². The normalized spacial score (nSPS) is 14.7. The summed E-state index contributed by atoms with van der Waals surface area (Å²) in [6.07, 6.45) is 8.65. The zero-order chi connectivity index (χ0) is 13.9. The molecule has 3 nitrogen and oxygen atoms in total. The molecule has 2 aromatic rings. The first-order valence-corrected chi connectivity index (χ1v) is 8.22. The number of nitrogens with zero attached hydrogens (tertiary/aromatic N) is 2. The Morgan fingerprint density at radius 2 is 2.25 bits per heavy atom. The minimum Gasteiger partial charge on any atom is -0.309 e. The molecule has 0 radical (unpaired) electrons. The maximum absolute atomic E-state index is 4.88. The van der Waals surface area contributed by atoms with Gasteiger partial charge in [-0.15, -0.1) is 11.3 Å². The molecule has 0 atom stereocenters. The molecule has 3 rings (SSSR count). The number of hydrogen-bond donors (Lipinski definition) is 1. The van der Waals surface area contributed by atoms with Gasteiger partial charge in [-0.05, 0) is 37.8 Å². The number of pyridine rings is 1. The fraction of sp³-hybridized carbons (Fsp3) is 0.500. The number of aromatic nitrogens is 2. The van der Waals surface area contributed by atoms with E-state index >= 15 is 0 Å². The van der Waals surface area contributed by atoms with Crippen molar-refractivity contribution in [3.8, 4) is 10.6 Å². The smallest absolute Gasteiger partial charge is 0.124 e. The number of aryl methyl sites for hydroxylation is 2. The van der Waals surface area contributed by atoms with Crippen LogP contribution in [0.5, 0.6) is 0 Å². The van der Waals surface area contributed by atoms with Crippen molar-refractivity contribution >= 4 is 11.3 Å². The van der Waals surface area contributed by atoms with Gasteiger partial charge in [-0.1, -0.05) is 13.3 Å². The largest absolute Gasteiger partial charge is 0.309 e. The molecule has 20 heavy (non-hydrogen) atoms. The molecule has 0 saturated heterocycles. The van der Waals surface area contributed by atoms with Crippen LogP contribution < -0.4 is 5.32 Å². The Balaban J connectivity index is 1.87. The Morgan fingerprint density at radius 1 is 1.40 bits per heavy atom. The lowest BCUT2D eigenvalue weighted by molar-refractivity contribution is 0.686. The molecule has 2 aromatic heterocycles. The summed E-state index contributed by atoms with van der Waals surface area (Å²) in [5.74, 6) is 0. The van der Waals surface area contributed by atoms with Crippen LogP contribution in [0.2, 0.25) is 0 Å². The van der Waals surface area contributed by atoms with Gasteiger partial charge in [0.1, 0.15) is 5.01 Å². The molecule has 0 bridgehead atoms. The van der Waals surface area contributed by atoms with E-state index in [0.29, 0.717) is 0 Å². The third kappa shape index (κ3) is 3.07. The Morgan fingerprint density at radius 3 is 2.95 bits per heavy atom. The fourth-order valence-corrected chi connectivity index (χ4v) is 3.46. The van der Waals surface area contributed by atoms with E-state index in [1.165, 1.54) is 34.5 Å². The van der Waals surface area contributed by atoms with Crippen LogP contribution >= 0.6 is 11.3 Å². The predicted molar refractivity (Wildman–Crippen MR) is 83.9 cm³/mol. The molecule has 1 N–H and O–H groups in total. The molecule has 2 heterocycles. The van der Waals surface area contributed by atoms with Crippen molar-refractivity contribution in [2.45, 2.75) is 52.1 Å². The second-order valence-corrected chi connectivity index (χ2v) is 6.57. The van der Waals surface area contributed by atoms with E-state index in [-0.39, 0.29) is 0 Å². The molecule has 0 unspecified atom stereocenters. The minimum atomic E-state index is 0.748. The second-order valence-electron chi connectivity index (χ2n) is 5.48. The SMILES string of the molecule is CCCc1nc(-c2ccncc2C)sc1CNC1CC1. The van der Waals surface area contributed by atoms with Crippen molar-refractivity contribution in [1.29, 1.82) is 0 Å². The van der Waals surface area contributed by atoms with Gasteiger partial charge >= 0.3 is 0 Å². The van der Waals surface area contributed by atoms with Crippen LogP contribution in [0, 0.1) is 6.92 Å². The number of hydrogen-bond acceptors (Lipinski definition) is 4. The van der Waals surface area contributed by atoms with Crippen molar-refractivity contribution in [2.75, 3.05) is 0 Å². The van der Waals surface area contributed by atoms with Gasteiger partial charge < -0.3 is 5.32 Å². The summed E-state index contributed by atoms with van der Waals surface area (Å²) in [5, 5.41) is 4.75. The van der Waals surface area contributed by atoms with Crippen LogP contribution in [0.4, 0.5) is 0 Å². The van der Waals surface area contributed by atoms with Gasteiger partial charge in [0.05, 0.1) is 5.69 Å². The Kier molecular flexibility index (Phi) is 4.13. The number of rotatable bonds is 6. The summed E-state index contributed by atoms with van der Waals surface area (Å²) in [6.45, 7) is 5.29. The van der Waals surface area contributed by atoms with Gasteiger partial charge in [0.2, 0.25) is 0 Å². The van der Waals surface area contributed by atoms with Gasteiger partial charge in [0.15, 0.2) is 0 Å². The third-order valence-corrected chi connectivity index (χ3v) is 4.78. The minimum absolute atomic E-state index is 0.748. The molecular weight excluding hydrogens is 266 g/mol. The first kappa shape index (κ1) is 13.7. The maximum Gasteiger partial charge on any atom is 0.124 e. The summed E-state index contributed by atoms with van der Waals surface area (Å²) < 4.78 is 0. The lowest BCUT2D eigenvalue weighted by Gasteiger charge is -2.01. The number of nitrogens with one attached hydrogen (secondary N) is 1. The van der Waals surface area contributed by atoms with Gasteiger partial charge in [-0.2, -0.15) is 0 Å². The van der Waals surface area contributed by atoms with Crippen molar-refractivity contribution in [3.63, 3.8) is 0 Å². The quantitative estimate of drug-likeness (QED) is 0.880. The topological polar surface area (TPSA) is 37.8 Å². The summed E-state index contributed by atoms with van der Waals surface area (Å²) in [5.41, 5.74) is 3.70. The Hall–Kier alpha value is -1.26. The van der Waals surface area contributed by atoms with Gasteiger partial charge in [-0.25, -0.2) is 4.98 Å². The van der Waals surface area contributed by atoms with Crippen LogP contribution in [0.15, 0.2) is 18.5 Å². The fourth-order valence-electron chi connectivity index (χ4n) is 2.31. The Labute approximate surface area is 124 Å². The summed E-state index contributed by atoms with van der Waals surface area (Å²) in [7, 11) is 0. The maximum atomic E-state index is 4.88. The van der Waals surface area contributed by atoms with Gasteiger partial charge in [-0.3, -0.25) is 4.98 Å². The number of thiazole rings is 1. The average Bonchev–Trinajstić information content (AvgIpc) is 3.19. The van der Waals surface area contributed by atoms with E-state index in [2.05, 4.69) is 30.2 Å². The first-order chi connectivity index (χ1) is 9.78. The molecular formula is C16H21N3S.